The first-order chi connectivity index (χ1) is 35.8. The number of aromatic hydroxyl groups is 1. The molecule has 8 N–H and O–H groups in total. The molecule has 3 aliphatic heterocycles. The Morgan fingerprint density at radius 1 is 0.770 bits per heavy atom. The standard InChI is InChI=1S/C55H61ClN8O10/c56-30-35-32-64(44-28-45(65)39-11-4-6-13-41(39)53(35)44)50(69)17-8-16-49(68)62-27-24-38-37-10-3-5-12-40(37)46(29-43(38)62)74-33-34-18-20-36(21-19-34)60-54(72)42(14-9-25-58-55(57)73)61-48(67)31-59-47(66)15-2-1-7-26-63-51(70)22-23-52(63)71/h3-6,10-13,18-23,28-29,35,42,55,58,65,73H,1-2,7-9,14-17,24-27,30-33,57H2,(H,59,66)(H,60,72)(H,61,67)/t35-,42+,55?/m1/s1. The van der Waals surface area contributed by atoms with Gasteiger partial charge in [-0.25, -0.2) is 0 Å². The Labute approximate surface area is 433 Å². The van der Waals surface area contributed by atoms with Crippen molar-refractivity contribution in [1.29, 1.82) is 0 Å². The maximum absolute atomic E-state index is 13.9. The summed E-state index contributed by atoms with van der Waals surface area (Å²) >= 11 is 6.40. The van der Waals surface area contributed by atoms with Gasteiger partial charge in [0.2, 0.25) is 29.5 Å². The van der Waals surface area contributed by atoms with Crippen LogP contribution in [-0.4, -0.2) is 107 Å². The number of ether oxygens (including phenoxy) is 1. The summed E-state index contributed by atoms with van der Waals surface area (Å²) in [5, 5.41) is 34.5. The van der Waals surface area contributed by atoms with E-state index in [0.29, 0.717) is 80.0 Å². The number of rotatable bonds is 24. The van der Waals surface area contributed by atoms with Crippen LogP contribution in [0.25, 0.3) is 21.5 Å². The number of nitrogens with one attached hydrogen (secondary N) is 4. The number of imide groups is 1. The van der Waals surface area contributed by atoms with E-state index < -0.39 is 24.2 Å². The molecule has 0 fully saturated rings. The largest absolute Gasteiger partial charge is 0.507 e. The number of fused-ring (bicyclic) bond motifs is 6. The highest BCUT2D eigenvalue weighted by atomic mass is 35.5. The van der Waals surface area contributed by atoms with Gasteiger partial charge in [-0.1, -0.05) is 67.1 Å². The van der Waals surface area contributed by atoms with Crippen LogP contribution in [0.2, 0.25) is 0 Å². The molecule has 5 aromatic rings. The van der Waals surface area contributed by atoms with Crippen LogP contribution in [-0.2, 0) is 46.6 Å². The summed E-state index contributed by atoms with van der Waals surface area (Å²) in [6, 6.07) is 25.1. The predicted octanol–water partition coefficient (Wildman–Crippen LogP) is 5.34. The third kappa shape index (κ3) is 12.7. The molecule has 18 nitrogen and oxygen atoms in total. The van der Waals surface area contributed by atoms with Gasteiger partial charge in [-0.05, 0) is 84.7 Å². The molecule has 388 valence electrons. The van der Waals surface area contributed by atoms with Crippen molar-refractivity contribution in [2.75, 3.05) is 53.7 Å². The summed E-state index contributed by atoms with van der Waals surface area (Å²) in [6.45, 7) is 1.26. The topological polar surface area (TPSA) is 253 Å². The number of hydrogen-bond donors (Lipinski definition) is 7. The molecule has 0 radical (unpaired) electrons. The molecule has 0 saturated heterocycles. The zero-order valence-electron chi connectivity index (χ0n) is 40.9. The maximum Gasteiger partial charge on any atom is 0.253 e. The minimum absolute atomic E-state index is 0.0820. The zero-order chi connectivity index (χ0) is 52.3. The van der Waals surface area contributed by atoms with E-state index in [1.807, 2.05) is 66.7 Å². The molecule has 3 heterocycles. The van der Waals surface area contributed by atoms with Gasteiger partial charge in [0.15, 0.2) is 6.35 Å². The highest BCUT2D eigenvalue weighted by Crippen LogP contribution is 2.46. The number of hydrogen-bond acceptors (Lipinski definition) is 12. The summed E-state index contributed by atoms with van der Waals surface area (Å²) in [7, 11) is 0. The Morgan fingerprint density at radius 2 is 1.46 bits per heavy atom. The van der Waals surface area contributed by atoms with Crippen LogP contribution in [0.1, 0.15) is 80.4 Å². The Bertz CT molecular complexity index is 2950. The van der Waals surface area contributed by atoms with Gasteiger partial charge in [0.25, 0.3) is 11.8 Å². The van der Waals surface area contributed by atoms with E-state index in [9.17, 15) is 43.8 Å². The minimum Gasteiger partial charge on any atom is -0.507 e. The lowest BCUT2D eigenvalue weighted by Crippen LogP contribution is -2.48. The van der Waals surface area contributed by atoms with E-state index in [-0.39, 0.29) is 93.1 Å². The molecule has 0 aromatic heterocycles. The lowest BCUT2D eigenvalue weighted by molar-refractivity contribution is -0.137. The average molecular weight is 1030 g/mol. The molecule has 5 aromatic carbocycles. The number of aliphatic hydroxyl groups is 1. The normalized spacial score (nSPS) is 15.6. The van der Waals surface area contributed by atoms with Crippen LogP contribution in [0, 0.1) is 0 Å². The molecule has 0 aliphatic carbocycles. The fourth-order valence-electron chi connectivity index (χ4n) is 9.86. The number of amides is 7. The minimum atomic E-state index is -1.25. The second kappa shape index (κ2) is 24.6. The fraction of sp³-hybridized carbons (Fsp3) is 0.364. The third-order valence-electron chi connectivity index (χ3n) is 13.6. The van der Waals surface area contributed by atoms with Gasteiger partial charge in [-0.15, -0.1) is 11.6 Å². The molecule has 0 saturated carbocycles. The van der Waals surface area contributed by atoms with Crippen LogP contribution < -0.4 is 41.5 Å². The smallest absolute Gasteiger partial charge is 0.253 e. The van der Waals surface area contributed by atoms with Crippen molar-refractivity contribution >= 4 is 91.6 Å². The number of halogens is 1. The molecule has 8 rings (SSSR count). The Morgan fingerprint density at radius 3 is 2.18 bits per heavy atom. The lowest BCUT2D eigenvalue weighted by Gasteiger charge is -2.21. The highest BCUT2D eigenvalue weighted by molar-refractivity contribution is 6.19. The second-order valence-corrected chi connectivity index (χ2v) is 19.0. The van der Waals surface area contributed by atoms with Crippen LogP contribution in [0.15, 0.2) is 97.1 Å². The summed E-state index contributed by atoms with van der Waals surface area (Å²) in [5.41, 5.74) is 10.1. The van der Waals surface area contributed by atoms with E-state index >= 15 is 0 Å². The molecule has 0 spiro atoms. The van der Waals surface area contributed by atoms with Crippen molar-refractivity contribution in [2.45, 2.75) is 89.1 Å². The van der Waals surface area contributed by atoms with Crippen molar-refractivity contribution < 1.29 is 48.5 Å². The average Bonchev–Trinajstić information content (AvgIpc) is 4.11. The number of nitrogens with zero attached hydrogens (tertiary/aromatic N) is 3. The molecule has 74 heavy (non-hydrogen) atoms. The molecule has 3 aliphatic rings. The molecule has 0 bridgehead atoms. The van der Waals surface area contributed by atoms with Crippen LogP contribution in [0.3, 0.4) is 0 Å². The van der Waals surface area contributed by atoms with Gasteiger partial charge in [0.05, 0.1) is 17.9 Å². The van der Waals surface area contributed by atoms with E-state index in [2.05, 4.69) is 21.3 Å². The molecular formula is C55H61ClN8O10. The first-order valence-electron chi connectivity index (χ1n) is 25.0. The summed E-state index contributed by atoms with van der Waals surface area (Å²) in [6.07, 6.45) is 4.88. The summed E-state index contributed by atoms with van der Waals surface area (Å²) in [4.78, 5) is 94.6. The van der Waals surface area contributed by atoms with Gasteiger partial charge in [0, 0.05) is 91.4 Å². The van der Waals surface area contributed by atoms with Gasteiger partial charge in [-0.2, -0.15) is 0 Å². The van der Waals surface area contributed by atoms with Crippen molar-refractivity contribution in [3.63, 3.8) is 0 Å². The number of aliphatic hydroxyl groups excluding tert-OH is 1. The number of phenols is 1. The van der Waals surface area contributed by atoms with E-state index in [0.717, 1.165) is 43.4 Å². The molecular weight excluding hydrogens is 968 g/mol. The number of benzene rings is 5. The van der Waals surface area contributed by atoms with E-state index in [1.54, 1.807) is 28.0 Å². The van der Waals surface area contributed by atoms with E-state index in [4.69, 9.17) is 22.1 Å². The monoisotopic (exact) mass is 1030 g/mol. The molecule has 3 atom stereocenters. The Balaban J connectivity index is 0.832. The number of nitrogens with two attached hydrogens (primary N) is 1. The van der Waals surface area contributed by atoms with Crippen molar-refractivity contribution in [3.8, 4) is 11.5 Å². The van der Waals surface area contributed by atoms with E-state index in [1.165, 1.54) is 12.2 Å². The first kappa shape index (κ1) is 52.9. The molecule has 1 unspecified atom stereocenters. The van der Waals surface area contributed by atoms with Gasteiger partial charge < -0.3 is 40.7 Å². The number of alkyl halides is 1. The number of carbonyl (C=O) groups excluding carboxylic acids is 7. The molecule has 19 heteroatoms. The second-order valence-electron chi connectivity index (χ2n) is 18.7. The van der Waals surface area contributed by atoms with Gasteiger partial charge in [0.1, 0.15) is 24.1 Å². The number of carbonyl (C=O) groups is 7. The van der Waals surface area contributed by atoms with Crippen molar-refractivity contribution in [3.05, 3.63) is 114 Å². The molecule has 7 amide bonds. The Kier molecular flexibility index (Phi) is 17.6. The number of unbranched alkanes of at least 4 members (excludes halogenated alkanes) is 2. The van der Waals surface area contributed by atoms with Crippen LogP contribution in [0.5, 0.6) is 11.5 Å². The van der Waals surface area contributed by atoms with Crippen LogP contribution in [0.4, 0.5) is 17.1 Å². The summed E-state index contributed by atoms with van der Waals surface area (Å²) in [5.74, 6) is -1.40. The third-order valence-corrected chi connectivity index (χ3v) is 14.0. The Hall–Kier alpha value is -7.38. The van der Waals surface area contributed by atoms with Crippen molar-refractivity contribution in [2.24, 2.45) is 5.73 Å². The van der Waals surface area contributed by atoms with Gasteiger partial charge >= 0.3 is 0 Å². The zero-order valence-corrected chi connectivity index (χ0v) is 41.7. The summed E-state index contributed by atoms with van der Waals surface area (Å²) < 4.78 is 6.44. The quantitative estimate of drug-likeness (QED) is 0.0179. The van der Waals surface area contributed by atoms with Crippen LogP contribution >= 0.6 is 11.6 Å². The lowest BCUT2D eigenvalue weighted by atomic mass is 9.95. The number of phenolic OH excluding ortho intramolecular Hbond substituents is 1. The maximum atomic E-state index is 13.9. The van der Waals surface area contributed by atoms with Crippen molar-refractivity contribution in [1.82, 2.24) is 20.9 Å². The SMILES string of the molecule is NC(O)NCCC[C@H](NC(=O)CNC(=O)CCCCCN1C(=O)C=CC1=O)C(=O)Nc1ccc(COc2cc3c(c4ccccc24)CCN3C(=O)CCCC(=O)N2C[C@@H](CCl)c3c2cc(O)c2ccccc32)cc1. The highest BCUT2D eigenvalue weighted by Gasteiger charge is 2.35. The number of anilines is 3. The fourth-order valence-corrected chi connectivity index (χ4v) is 10.1. The first-order valence-corrected chi connectivity index (χ1v) is 25.6. The van der Waals surface area contributed by atoms with Gasteiger partial charge in [-0.3, -0.25) is 49.5 Å². The predicted molar refractivity (Wildman–Crippen MR) is 281 cm³/mol.